The summed E-state index contributed by atoms with van der Waals surface area (Å²) in [5.41, 5.74) is 5.19. The van der Waals surface area contributed by atoms with E-state index < -0.39 is 0 Å². The largest absolute Gasteiger partial charge is 0.0616 e. The summed E-state index contributed by atoms with van der Waals surface area (Å²) in [5, 5.41) is 17.9. The van der Waals surface area contributed by atoms with E-state index in [4.69, 9.17) is 0 Å². The molecule has 10 rings (SSSR count). The Morgan fingerprint density at radius 3 is 1.22 bits per heavy atom. The number of hydrogen-bond acceptors (Lipinski definition) is 0. The van der Waals surface area contributed by atoms with E-state index in [1.54, 1.807) is 0 Å². The average molecular weight is 581 g/mol. The highest BCUT2D eigenvalue weighted by Gasteiger charge is 2.21. The highest BCUT2D eigenvalue weighted by atomic mass is 14.2. The fourth-order valence-electron chi connectivity index (χ4n) is 7.98. The molecule has 0 aliphatic rings. The normalized spacial score (nSPS) is 11.9. The van der Waals surface area contributed by atoms with E-state index in [0.717, 1.165) is 0 Å². The molecule has 212 valence electrons. The quantitative estimate of drug-likeness (QED) is 0.141. The topological polar surface area (TPSA) is 0 Å². The maximum Gasteiger partial charge on any atom is -0.00139 e. The monoisotopic (exact) mass is 580 g/mol. The molecular weight excluding hydrogens is 553 g/mol. The Hall–Kier alpha value is -5.98. The molecule has 0 saturated carbocycles. The highest BCUT2D eigenvalue weighted by molar-refractivity contribution is 6.30. The number of rotatable bonds is 2. The summed E-state index contributed by atoms with van der Waals surface area (Å²) in [6, 6.07) is 62.9. The second-order valence-electron chi connectivity index (χ2n) is 12.4. The van der Waals surface area contributed by atoms with Crippen molar-refractivity contribution in [2.75, 3.05) is 0 Å². The van der Waals surface area contributed by atoms with Gasteiger partial charge in [-0.2, -0.15) is 0 Å². The first-order valence-corrected chi connectivity index (χ1v) is 16.0. The van der Waals surface area contributed by atoms with Crippen molar-refractivity contribution in [1.29, 1.82) is 0 Å². The second-order valence-corrected chi connectivity index (χ2v) is 12.4. The molecule has 10 aromatic rings. The van der Waals surface area contributed by atoms with E-state index in [0.29, 0.717) is 0 Å². The molecule has 0 amide bonds. The molecule has 0 unspecified atom stereocenters. The lowest BCUT2D eigenvalue weighted by atomic mass is 9.82. The Bertz CT molecular complexity index is 2740. The molecule has 0 heteroatoms. The summed E-state index contributed by atoms with van der Waals surface area (Å²) in [6.07, 6.45) is 0. The first kappa shape index (κ1) is 25.4. The Balaban J connectivity index is 1.41. The Morgan fingerprint density at radius 2 is 0.609 bits per heavy atom. The molecule has 0 fully saturated rings. The van der Waals surface area contributed by atoms with E-state index >= 15 is 0 Å². The fourth-order valence-corrected chi connectivity index (χ4v) is 7.98. The lowest BCUT2D eigenvalue weighted by molar-refractivity contribution is 1.70. The predicted molar refractivity (Wildman–Crippen MR) is 200 cm³/mol. The molecule has 0 aromatic heterocycles. The van der Waals surface area contributed by atoms with Crippen LogP contribution < -0.4 is 0 Å². The Labute approximate surface area is 266 Å². The van der Waals surface area contributed by atoms with Gasteiger partial charge in [0.1, 0.15) is 0 Å². The maximum absolute atomic E-state index is 2.39. The lowest BCUT2D eigenvalue weighted by Crippen LogP contribution is -1.93. The van der Waals surface area contributed by atoms with Gasteiger partial charge in [0.2, 0.25) is 0 Å². The maximum atomic E-state index is 2.39. The summed E-state index contributed by atoms with van der Waals surface area (Å²) in [5.74, 6) is 0. The molecule has 0 atom stereocenters. The van der Waals surface area contributed by atoms with Gasteiger partial charge in [-0.15, -0.1) is 0 Å². The number of hydrogen-bond donors (Lipinski definition) is 0. The average Bonchev–Trinajstić information content (AvgIpc) is 3.12. The van der Waals surface area contributed by atoms with E-state index in [2.05, 4.69) is 170 Å². The number of fused-ring (bicyclic) bond motifs is 8. The molecule has 0 spiro atoms. The van der Waals surface area contributed by atoms with Crippen LogP contribution in [0.15, 0.2) is 170 Å². The molecule has 0 saturated heterocycles. The first-order chi connectivity index (χ1) is 22.8. The van der Waals surface area contributed by atoms with Crippen LogP contribution in [0.1, 0.15) is 0 Å². The van der Waals surface area contributed by atoms with Crippen LogP contribution in [0.5, 0.6) is 0 Å². The lowest BCUT2D eigenvalue weighted by Gasteiger charge is -2.21. The molecular formula is C46H28. The highest BCUT2D eigenvalue weighted by Crippen LogP contribution is 2.49. The van der Waals surface area contributed by atoms with Crippen molar-refractivity contribution in [2.24, 2.45) is 0 Å². The standard InChI is InChI=1S/C46H28/c1-2-13-31-28-42-34(26-30(31)12-1)25-24-29-16-11-23-41(43(29)42)44-37-19-7-9-21-39(37)46(40-22-10-8-20-38(40)44)45-35-17-5-3-14-32(35)27-33-15-4-6-18-36(33)45/h1-28H. The third-order valence-corrected chi connectivity index (χ3v) is 9.95. The van der Waals surface area contributed by atoms with Gasteiger partial charge in [0.25, 0.3) is 0 Å². The third kappa shape index (κ3) is 3.62. The molecule has 0 bridgehead atoms. The van der Waals surface area contributed by atoms with Crippen LogP contribution in [0, 0.1) is 0 Å². The minimum atomic E-state index is 1.26. The zero-order valence-corrected chi connectivity index (χ0v) is 25.2. The van der Waals surface area contributed by atoms with Crippen molar-refractivity contribution < 1.29 is 0 Å². The van der Waals surface area contributed by atoms with Gasteiger partial charge < -0.3 is 0 Å². The third-order valence-electron chi connectivity index (χ3n) is 9.95. The fraction of sp³-hybridized carbons (Fsp3) is 0. The van der Waals surface area contributed by atoms with Gasteiger partial charge in [0.15, 0.2) is 0 Å². The zero-order valence-electron chi connectivity index (χ0n) is 25.2. The van der Waals surface area contributed by atoms with Crippen LogP contribution in [0.4, 0.5) is 0 Å². The molecule has 0 nitrogen and oxygen atoms in total. The predicted octanol–water partition coefficient (Wildman–Crippen LogP) is 13.1. The summed E-state index contributed by atoms with van der Waals surface area (Å²) < 4.78 is 0. The van der Waals surface area contributed by atoms with E-state index in [1.165, 1.54) is 97.7 Å². The molecule has 0 aliphatic heterocycles. The van der Waals surface area contributed by atoms with Crippen molar-refractivity contribution in [3.05, 3.63) is 170 Å². The zero-order chi connectivity index (χ0) is 30.2. The van der Waals surface area contributed by atoms with Crippen LogP contribution in [-0.2, 0) is 0 Å². The smallest absolute Gasteiger partial charge is 0.00139 e. The summed E-state index contributed by atoms with van der Waals surface area (Å²) in [7, 11) is 0. The van der Waals surface area contributed by atoms with Gasteiger partial charge in [-0.05, 0) is 116 Å². The van der Waals surface area contributed by atoms with Crippen LogP contribution in [0.2, 0.25) is 0 Å². The van der Waals surface area contributed by atoms with Gasteiger partial charge in [-0.3, -0.25) is 0 Å². The minimum absolute atomic E-state index is 1.26. The van der Waals surface area contributed by atoms with Crippen molar-refractivity contribution in [3.8, 4) is 22.3 Å². The molecule has 10 aromatic carbocycles. The number of benzene rings is 10. The first-order valence-electron chi connectivity index (χ1n) is 16.0. The van der Waals surface area contributed by atoms with E-state index in [-0.39, 0.29) is 0 Å². The van der Waals surface area contributed by atoms with Crippen molar-refractivity contribution in [2.45, 2.75) is 0 Å². The Kier molecular flexibility index (Phi) is 5.38. The minimum Gasteiger partial charge on any atom is -0.0616 e. The SMILES string of the molecule is c1ccc2cc3c(ccc4cccc(-c5c6ccccc6c(-c6c7ccccc7cc7ccccc67)c6ccccc56)c43)cc2c1. The summed E-state index contributed by atoms with van der Waals surface area (Å²) >= 11 is 0. The van der Waals surface area contributed by atoms with Crippen LogP contribution in [-0.4, -0.2) is 0 Å². The molecule has 46 heavy (non-hydrogen) atoms. The Morgan fingerprint density at radius 1 is 0.217 bits per heavy atom. The molecule has 0 heterocycles. The van der Waals surface area contributed by atoms with Gasteiger partial charge in [0, 0.05) is 0 Å². The van der Waals surface area contributed by atoms with Gasteiger partial charge in [-0.25, -0.2) is 0 Å². The van der Waals surface area contributed by atoms with Crippen LogP contribution in [0.3, 0.4) is 0 Å². The summed E-state index contributed by atoms with van der Waals surface area (Å²) in [6.45, 7) is 0. The van der Waals surface area contributed by atoms with E-state index in [9.17, 15) is 0 Å². The van der Waals surface area contributed by atoms with Crippen molar-refractivity contribution >= 4 is 75.4 Å². The molecule has 0 radical (unpaired) electrons. The second kappa shape index (κ2) is 9.76. The van der Waals surface area contributed by atoms with Crippen LogP contribution >= 0.6 is 0 Å². The van der Waals surface area contributed by atoms with E-state index in [1.807, 2.05) is 0 Å². The van der Waals surface area contributed by atoms with Gasteiger partial charge >= 0.3 is 0 Å². The van der Waals surface area contributed by atoms with Crippen molar-refractivity contribution in [1.82, 2.24) is 0 Å². The van der Waals surface area contributed by atoms with Gasteiger partial charge in [-0.1, -0.05) is 152 Å². The summed E-state index contributed by atoms with van der Waals surface area (Å²) in [4.78, 5) is 0. The van der Waals surface area contributed by atoms with Gasteiger partial charge in [0.05, 0.1) is 0 Å². The molecule has 0 aliphatic carbocycles. The molecule has 0 N–H and O–H groups in total. The van der Waals surface area contributed by atoms with Crippen molar-refractivity contribution in [3.63, 3.8) is 0 Å². The van der Waals surface area contributed by atoms with Crippen LogP contribution in [0.25, 0.3) is 97.7 Å².